The first-order chi connectivity index (χ1) is 14.7. The maximum Gasteiger partial charge on any atom is 0.238 e. The Kier molecular flexibility index (Phi) is 6.77. The second kappa shape index (κ2) is 9.87. The van der Waals surface area contributed by atoms with Gasteiger partial charge in [0.2, 0.25) is 11.8 Å². The Labute approximate surface area is 178 Å². The molecular formula is C24H30N4O2. The van der Waals surface area contributed by atoms with Gasteiger partial charge in [0, 0.05) is 45.0 Å². The molecule has 2 saturated heterocycles. The number of hydrogen-bond donors (Lipinski definition) is 1. The first kappa shape index (κ1) is 20.6. The predicted octanol–water partition coefficient (Wildman–Crippen LogP) is 2.53. The molecule has 2 heterocycles. The molecule has 2 fully saturated rings. The SMILES string of the molecule is O=C(CN1CCN(CC(=O)N2CCCC2)CC1)Nc1ccc(-c2ccccc2)cc1. The second-order valence-electron chi connectivity index (χ2n) is 8.13. The number of carbonyl (C=O) groups is 2. The molecule has 0 atom stereocenters. The quantitative estimate of drug-likeness (QED) is 0.801. The van der Waals surface area contributed by atoms with Gasteiger partial charge in [0.1, 0.15) is 0 Å². The van der Waals surface area contributed by atoms with Gasteiger partial charge in [0.05, 0.1) is 13.1 Å². The standard InChI is InChI=1S/C24H30N4O2/c29-23(25-22-10-8-21(9-11-22)20-6-2-1-3-7-20)18-26-14-16-27(17-15-26)19-24(30)28-12-4-5-13-28/h1-3,6-11H,4-5,12-19H2,(H,25,29). The summed E-state index contributed by atoms with van der Waals surface area (Å²) >= 11 is 0. The minimum atomic E-state index is 0.00375. The summed E-state index contributed by atoms with van der Waals surface area (Å²) in [6.45, 7) is 6.00. The van der Waals surface area contributed by atoms with Crippen LogP contribution in [0, 0.1) is 0 Å². The molecule has 0 unspecified atom stereocenters. The van der Waals surface area contributed by atoms with E-state index in [0.717, 1.165) is 68.9 Å². The summed E-state index contributed by atoms with van der Waals surface area (Å²) < 4.78 is 0. The molecule has 0 bridgehead atoms. The maximum atomic E-state index is 12.4. The largest absolute Gasteiger partial charge is 0.342 e. The molecule has 30 heavy (non-hydrogen) atoms. The van der Waals surface area contributed by atoms with Crippen molar-refractivity contribution in [1.82, 2.24) is 14.7 Å². The highest BCUT2D eigenvalue weighted by Crippen LogP contribution is 2.21. The van der Waals surface area contributed by atoms with Crippen LogP contribution in [-0.4, -0.2) is 78.9 Å². The average molecular weight is 407 g/mol. The lowest BCUT2D eigenvalue weighted by Gasteiger charge is -2.34. The Morgan fingerprint density at radius 3 is 1.90 bits per heavy atom. The first-order valence-corrected chi connectivity index (χ1v) is 10.9. The van der Waals surface area contributed by atoms with Crippen molar-refractivity contribution in [3.63, 3.8) is 0 Å². The van der Waals surface area contributed by atoms with Crippen LogP contribution in [0.2, 0.25) is 0 Å². The summed E-state index contributed by atoms with van der Waals surface area (Å²) in [6.07, 6.45) is 2.26. The fraction of sp³-hybridized carbons (Fsp3) is 0.417. The fourth-order valence-electron chi connectivity index (χ4n) is 4.14. The van der Waals surface area contributed by atoms with Gasteiger partial charge in [-0.15, -0.1) is 0 Å². The normalized spacial score (nSPS) is 17.8. The molecule has 2 amide bonds. The van der Waals surface area contributed by atoms with Crippen molar-refractivity contribution >= 4 is 17.5 Å². The van der Waals surface area contributed by atoms with Gasteiger partial charge in [-0.05, 0) is 36.1 Å². The average Bonchev–Trinajstić information content (AvgIpc) is 3.31. The van der Waals surface area contributed by atoms with E-state index in [1.54, 1.807) is 0 Å². The Morgan fingerprint density at radius 1 is 0.700 bits per heavy atom. The highest BCUT2D eigenvalue weighted by Gasteiger charge is 2.24. The zero-order valence-corrected chi connectivity index (χ0v) is 17.4. The third-order valence-electron chi connectivity index (χ3n) is 5.93. The van der Waals surface area contributed by atoms with E-state index >= 15 is 0 Å². The minimum absolute atomic E-state index is 0.00375. The monoisotopic (exact) mass is 406 g/mol. The number of nitrogens with one attached hydrogen (secondary N) is 1. The van der Waals surface area contributed by atoms with Gasteiger partial charge in [-0.1, -0.05) is 42.5 Å². The van der Waals surface area contributed by atoms with Crippen LogP contribution in [0.15, 0.2) is 54.6 Å². The molecule has 4 rings (SSSR count). The molecule has 6 heteroatoms. The molecule has 2 aromatic rings. The van der Waals surface area contributed by atoms with Crippen LogP contribution >= 0.6 is 0 Å². The van der Waals surface area contributed by atoms with Crippen molar-refractivity contribution in [2.75, 3.05) is 57.7 Å². The van der Waals surface area contributed by atoms with Crippen LogP contribution in [0.4, 0.5) is 5.69 Å². The van der Waals surface area contributed by atoms with Crippen molar-refractivity contribution in [1.29, 1.82) is 0 Å². The molecule has 0 aliphatic carbocycles. The van der Waals surface area contributed by atoms with Gasteiger partial charge in [-0.2, -0.15) is 0 Å². The summed E-state index contributed by atoms with van der Waals surface area (Å²) in [5.41, 5.74) is 3.11. The molecule has 2 aromatic carbocycles. The Morgan fingerprint density at radius 2 is 1.27 bits per heavy atom. The number of piperazine rings is 1. The van der Waals surface area contributed by atoms with Gasteiger partial charge in [-0.3, -0.25) is 19.4 Å². The number of anilines is 1. The van der Waals surface area contributed by atoms with Crippen LogP contribution in [0.25, 0.3) is 11.1 Å². The Bertz CT molecular complexity index is 839. The molecule has 0 aromatic heterocycles. The van der Waals surface area contributed by atoms with Crippen LogP contribution in [0.1, 0.15) is 12.8 Å². The smallest absolute Gasteiger partial charge is 0.238 e. The zero-order valence-electron chi connectivity index (χ0n) is 17.4. The van der Waals surface area contributed by atoms with Crippen molar-refractivity contribution in [2.45, 2.75) is 12.8 Å². The van der Waals surface area contributed by atoms with E-state index < -0.39 is 0 Å². The topological polar surface area (TPSA) is 55.9 Å². The molecule has 2 aliphatic heterocycles. The number of likely N-dealkylation sites (tertiary alicyclic amines) is 1. The Hall–Kier alpha value is -2.70. The second-order valence-corrected chi connectivity index (χ2v) is 8.13. The number of nitrogens with zero attached hydrogens (tertiary/aromatic N) is 3. The zero-order chi connectivity index (χ0) is 20.8. The third kappa shape index (κ3) is 5.46. The van der Waals surface area contributed by atoms with E-state index in [2.05, 4.69) is 27.2 Å². The van der Waals surface area contributed by atoms with E-state index in [1.807, 2.05) is 47.4 Å². The fourth-order valence-corrected chi connectivity index (χ4v) is 4.14. The lowest BCUT2D eigenvalue weighted by atomic mass is 10.1. The van der Waals surface area contributed by atoms with Gasteiger partial charge >= 0.3 is 0 Å². The predicted molar refractivity (Wildman–Crippen MR) is 119 cm³/mol. The first-order valence-electron chi connectivity index (χ1n) is 10.9. The number of benzene rings is 2. The number of hydrogen-bond acceptors (Lipinski definition) is 4. The van der Waals surface area contributed by atoms with Crippen molar-refractivity contribution < 1.29 is 9.59 Å². The summed E-state index contributed by atoms with van der Waals surface area (Å²) in [6, 6.07) is 18.1. The Balaban J connectivity index is 1.20. The molecule has 0 saturated carbocycles. The summed E-state index contributed by atoms with van der Waals surface area (Å²) in [7, 11) is 0. The van der Waals surface area contributed by atoms with Crippen LogP contribution in [0.3, 0.4) is 0 Å². The number of rotatable bonds is 6. The van der Waals surface area contributed by atoms with E-state index in [0.29, 0.717) is 13.1 Å². The van der Waals surface area contributed by atoms with Crippen LogP contribution < -0.4 is 5.32 Å². The molecule has 6 nitrogen and oxygen atoms in total. The van der Waals surface area contributed by atoms with E-state index in [-0.39, 0.29) is 11.8 Å². The molecule has 2 aliphatic rings. The van der Waals surface area contributed by atoms with E-state index in [1.165, 1.54) is 0 Å². The van der Waals surface area contributed by atoms with Gasteiger partial charge < -0.3 is 10.2 Å². The van der Waals surface area contributed by atoms with Crippen LogP contribution in [0.5, 0.6) is 0 Å². The van der Waals surface area contributed by atoms with Gasteiger partial charge in [-0.25, -0.2) is 0 Å². The highest BCUT2D eigenvalue weighted by molar-refractivity contribution is 5.92. The lowest BCUT2D eigenvalue weighted by molar-refractivity contribution is -0.132. The molecular weight excluding hydrogens is 376 g/mol. The molecule has 1 N–H and O–H groups in total. The number of carbonyl (C=O) groups excluding carboxylic acids is 2. The third-order valence-corrected chi connectivity index (χ3v) is 5.93. The maximum absolute atomic E-state index is 12.4. The van der Waals surface area contributed by atoms with Crippen molar-refractivity contribution in [2.24, 2.45) is 0 Å². The van der Waals surface area contributed by atoms with Gasteiger partial charge in [0.15, 0.2) is 0 Å². The summed E-state index contributed by atoms with van der Waals surface area (Å²) in [5, 5.41) is 2.99. The summed E-state index contributed by atoms with van der Waals surface area (Å²) in [5.74, 6) is 0.252. The molecule has 0 spiro atoms. The van der Waals surface area contributed by atoms with Crippen molar-refractivity contribution in [3.8, 4) is 11.1 Å². The molecule has 158 valence electrons. The van der Waals surface area contributed by atoms with E-state index in [4.69, 9.17) is 0 Å². The minimum Gasteiger partial charge on any atom is -0.342 e. The van der Waals surface area contributed by atoms with Crippen LogP contribution in [-0.2, 0) is 9.59 Å². The molecule has 0 radical (unpaired) electrons. The lowest BCUT2D eigenvalue weighted by Crippen LogP contribution is -2.51. The van der Waals surface area contributed by atoms with Gasteiger partial charge in [0.25, 0.3) is 0 Å². The highest BCUT2D eigenvalue weighted by atomic mass is 16.2. The summed E-state index contributed by atoms with van der Waals surface area (Å²) in [4.78, 5) is 31.1. The van der Waals surface area contributed by atoms with Crippen molar-refractivity contribution in [3.05, 3.63) is 54.6 Å². The number of amides is 2. The van der Waals surface area contributed by atoms with E-state index in [9.17, 15) is 9.59 Å².